The van der Waals surface area contributed by atoms with Gasteiger partial charge in [0.25, 0.3) is 0 Å². The van der Waals surface area contributed by atoms with E-state index in [1.54, 1.807) is 19.2 Å². The lowest BCUT2D eigenvalue weighted by Gasteiger charge is -2.08. The number of rotatable bonds is 4. The van der Waals surface area contributed by atoms with E-state index in [1.807, 2.05) is 17.7 Å². The molecule has 2 aromatic rings. The summed E-state index contributed by atoms with van der Waals surface area (Å²) in [5.74, 6) is -0.574. The Morgan fingerprint density at radius 1 is 1.60 bits per heavy atom. The molecule has 7 heteroatoms. The molecule has 106 valence electrons. The van der Waals surface area contributed by atoms with Crippen molar-refractivity contribution in [1.82, 2.24) is 14.9 Å². The Hall–Kier alpha value is -2.57. The molecule has 0 amide bonds. The Morgan fingerprint density at radius 2 is 2.35 bits per heavy atom. The fourth-order valence-corrected chi connectivity index (χ4v) is 2.11. The summed E-state index contributed by atoms with van der Waals surface area (Å²) in [6, 6.07) is 3.68. The molecule has 0 aromatic carbocycles. The van der Waals surface area contributed by atoms with Gasteiger partial charge >= 0.3 is 5.97 Å². The van der Waals surface area contributed by atoms with Gasteiger partial charge in [0.1, 0.15) is 11.1 Å². The Bertz CT molecular complexity index is 662. The Balaban J connectivity index is 2.57. The first-order valence-corrected chi connectivity index (χ1v) is 6.23. The first kappa shape index (κ1) is 13.9. The van der Waals surface area contributed by atoms with Crippen LogP contribution in [0.4, 0.5) is 0 Å². The van der Waals surface area contributed by atoms with Crippen LogP contribution in [0.25, 0.3) is 11.0 Å². The third kappa shape index (κ3) is 2.42. The molecule has 0 aliphatic heterocycles. The Kier molecular flexibility index (Phi) is 3.88. The fraction of sp³-hybridized carbons (Fsp3) is 0.308. The van der Waals surface area contributed by atoms with Crippen LogP contribution in [0.5, 0.6) is 0 Å². The number of carbonyl (C=O) groups is 1. The first-order chi connectivity index (χ1) is 9.56. The lowest BCUT2D eigenvalue weighted by Crippen LogP contribution is -2.31. The van der Waals surface area contributed by atoms with Crippen molar-refractivity contribution in [2.24, 2.45) is 12.8 Å². The molecule has 0 saturated heterocycles. The molecule has 2 aromatic heterocycles. The van der Waals surface area contributed by atoms with Crippen LogP contribution >= 0.6 is 0 Å². The number of carbonyl (C=O) groups excluding carboxylic acids is 1. The number of aromatic nitrogens is 2. The number of esters is 1. The molecule has 0 aliphatic carbocycles. The van der Waals surface area contributed by atoms with Crippen LogP contribution in [0, 0.1) is 5.41 Å². The first-order valence-electron chi connectivity index (χ1n) is 6.23. The van der Waals surface area contributed by atoms with Crippen molar-refractivity contribution < 1.29 is 9.53 Å². The summed E-state index contributed by atoms with van der Waals surface area (Å²) in [6.45, 7) is 2.31. The molecule has 4 N–H and O–H groups in total. The molecule has 7 nitrogen and oxygen atoms in total. The van der Waals surface area contributed by atoms with Crippen molar-refractivity contribution in [2.75, 3.05) is 6.61 Å². The van der Waals surface area contributed by atoms with E-state index in [4.69, 9.17) is 15.9 Å². The van der Waals surface area contributed by atoms with Gasteiger partial charge in [0.05, 0.1) is 24.4 Å². The molecule has 0 radical (unpaired) electrons. The molecule has 20 heavy (non-hydrogen) atoms. The van der Waals surface area contributed by atoms with Crippen LogP contribution < -0.4 is 11.1 Å². The second-order valence-corrected chi connectivity index (χ2v) is 4.24. The number of pyridine rings is 1. The predicted molar refractivity (Wildman–Crippen MR) is 75.4 cm³/mol. The normalized spacial score (nSPS) is 10.5. The van der Waals surface area contributed by atoms with Crippen LogP contribution in [-0.2, 0) is 18.3 Å². The number of hydrogen-bond donors (Lipinski definition) is 3. The Morgan fingerprint density at radius 3 is 3.00 bits per heavy atom. The van der Waals surface area contributed by atoms with Gasteiger partial charge in [-0.05, 0) is 19.1 Å². The van der Waals surface area contributed by atoms with E-state index in [2.05, 4.69) is 10.3 Å². The Labute approximate surface area is 116 Å². The van der Waals surface area contributed by atoms with E-state index in [0.29, 0.717) is 23.4 Å². The zero-order valence-electron chi connectivity index (χ0n) is 11.4. The van der Waals surface area contributed by atoms with Gasteiger partial charge in [-0.2, -0.15) is 0 Å². The SMILES string of the molecule is CCOC(=O)c1c(CNC(=N)N)n(C)c2cccnc12. The van der Waals surface area contributed by atoms with Gasteiger partial charge in [0.15, 0.2) is 5.96 Å². The third-order valence-electron chi connectivity index (χ3n) is 3.00. The van der Waals surface area contributed by atoms with Gasteiger partial charge in [-0.25, -0.2) is 4.79 Å². The number of nitrogens with one attached hydrogen (secondary N) is 2. The van der Waals surface area contributed by atoms with Crippen molar-refractivity contribution in [1.29, 1.82) is 5.41 Å². The lowest BCUT2D eigenvalue weighted by molar-refractivity contribution is 0.0526. The second kappa shape index (κ2) is 5.60. The summed E-state index contributed by atoms with van der Waals surface area (Å²) in [4.78, 5) is 16.4. The quantitative estimate of drug-likeness (QED) is 0.433. The van der Waals surface area contributed by atoms with Crippen molar-refractivity contribution in [3.05, 3.63) is 29.6 Å². The standard InChI is InChI=1S/C13H17N5O2/c1-3-20-12(19)10-9(7-17-13(14)15)18(2)8-5-4-6-16-11(8)10/h4-6H,3,7H2,1-2H3,(H4,14,15,17). The van der Waals surface area contributed by atoms with Crippen molar-refractivity contribution in [3.63, 3.8) is 0 Å². The highest BCUT2D eigenvalue weighted by molar-refractivity contribution is 6.04. The van der Waals surface area contributed by atoms with Crippen LogP contribution in [0.2, 0.25) is 0 Å². The van der Waals surface area contributed by atoms with Gasteiger partial charge in [-0.1, -0.05) is 0 Å². The van der Waals surface area contributed by atoms with Gasteiger partial charge in [0, 0.05) is 13.2 Å². The van der Waals surface area contributed by atoms with E-state index in [1.165, 1.54) is 0 Å². The number of hydrogen-bond acceptors (Lipinski definition) is 4. The smallest absolute Gasteiger partial charge is 0.342 e. The maximum atomic E-state index is 12.1. The van der Waals surface area contributed by atoms with Crippen molar-refractivity contribution in [3.8, 4) is 0 Å². The second-order valence-electron chi connectivity index (χ2n) is 4.24. The van der Waals surface area contributed by atoms with Gasteiger partial charge in [-0.15, -0.1) is 0 Å². The highest BCUT2D eigenvalue weighted by Gasteiger charge is 2.22. The summed E-state index contributed by atoms with van der Waals surface area (Å²) in [5, 5.41) is 9.94. The molecular formula is C13H17N5O2. The number of guanidine groups is 1. The van der Waals surface area contributed by atoms with E-state index in [0.717, 1.165) is 5.52 Å². The van der Waals surface area contributed by atoms with E-state index < -0.39 is 5.97 Å². The van der Waals surface area contributed by atoms with Crippen LogP contribution in [-0.4, -0.2) is 28.1 Å². The average Bonchev–Trinajstić information content (AvgIpc) is 2.70. The van der Waals surface area contributed by atoms with E-state index in [9.17, 15) is 4.79 Å². The summed E-state index contributed by atoms with van der Waals surface area (Å²) in [6.07, 6.45) is 1.63. The highest BCUT2D eigenvalue weighted by Crippen LogP contribution is 2.24. The molecule has 2 heterocycles. The minimum atomic E-state index is -0.419. The molecule has 0 saturated carbocycles. The maximum absolute atomic E-state index is 12.1. The molecule has 0 bridgehead atoms. The summed E-state index contributed by atoms with van der Waals surface area (Å²) < 4.78 is 6.94. The number of nitrogens with two attached hydrogens (primary N) is 1. The molecule has 0 aliphatic rings. The van der Waals surface area contributed by atoms with Crippen molar-refractivity contribution >= 4 is 23.0 Å². The number of ether oxygens (including phenoxy) is 1. The molecule has 0 atom stereocenters. The summed E-state index contributed by atoms with van der Waals surface area (Å²) in [7, 11) is 1.84. The van der Waals surface area contributed by atoms with Gasteiger partial charge in [0.2, 0.25) is 0 Å². The third-order valence-corrected chi connectivity index (χ3v) is 3.00. The van der Waals surface area contributed by atoms with Crippen LogP contribution in [0.15, 0.2) is 18.3 Å². The predicted octanol–water partition coefficient (Wildman–Crippen LogP) is 0.733. The van der Waals surface area contributed by atoms with Crippen molar-refractivity contribution in [2.45, 2.75) is 13.5 Å². The minimum Gasteiger partial charge on any atom is -0.462 e. The molecule has 0 spiro atoms. The van der Waals surface area contributed by atoms with Crippen LogP contribution in [0.1, 0.15) is 23.0 Å². The minimum absolute atomic E-state index is 0.155. The number of nitrogens with zero attached hydrogens (tertiary/aromatic N) is 2. The zero-order chi connectivity index (χ0) is 14.7. The summed E-state index contributed by atoms with van der Waals surface area (Å²) in [5.41, 5.74) is 7.82. The number of fused-ring (bicyclic) bond motifs is 1. The monoisotopic (exact) mass is 275 g/mol. The number of aryl methyl sites for hydroxylation is 1. The molecular weight excluding hydrogens is 258 g/mol. The van der Waals surface area contributed by atoms with E-state index >= 15 is 0 Å². The zero-order valence-corrected chi connectivity index (χ0v) is 11.4. The average molecular weight is 275 g/mol. The molecule has 2 rings (SSSR count). The molecule has 0 unspecified atom stereocenters. The largest absolute Gasteiger partial charge is 0.462 e. The highest BCUT2D eigenvalue weighted by atomic mass is 16.5. The van der Waals surface area contributed by atoms with Gasteiger partial charge < -0.3 is 20.4 Å². The fourth-order valence-electron chi connectivity index (χ4n) is 2.11. The maximum Gasteiger partial charge on any atom is 0.342 e. The topological polar surface area (TPSA) is 106 Å². The van der Waals surface area contributed by atoms with Gasteiger partial charge in [-0.3, -0.25) is 10.4 Å². The molecule has 0 fully saturated rings. The van der Waals surface area contributed by atoms with E-state index in [-0.39, 0.29) is 12.5 Å². The lowest BCUT2D eigenvalue weighted by atomic mass is 10.2. The van der Waals surface area contributed by atoms with Crippen LogP contribution in [0.3, 0.4) is 0 Å². The summed E-state index contributed by atoms with van der Waals surface area (Å²) >= 11 is 0.